The third-order valence-electron chi connectivity index (χ3n) is 4.08. The zero-order valence-electron chi connectivity index (χ0n) is 15.8. The van der Waals surface area contributed by atoms with E-state index in [9.17, 15) is 13.2 Å². The maximum atomic E-state index is 12.3. The molecule has 0 saturated heterocycles. The minimum Gasteiger partial charge on any atom is -0.484 e. The van der Waals surface area contributed by atoms with Crippen molar-refractivity contribution in [3.63, 3.8) is 0 Å². The maximum Gasteiger partial charge on any atom is 0.422 e. The summed E-state index contributed by atoms with van der Waals surface area (Å²) < 4.78 is 43.4. The topological polar surface area (TPSA) is 63.5 Å². The fourth-order valence-electron chi connectivity index (χ4n) is 2.56. The first-order valence-electron chi connectivity index (χ1n) is 8.41. The predicted molar refractivity (Wildman–Crippen MR) is 97.7 cm³/mol. The number of nitrogens with one attached hydrogen (secondary N) is 2. The van der Waals surface area contributed by atoms with Gasteiger partial charge in [0.25, 0.3) is 0 Å². The summed E-state index contributed by atoms with van der Waals surface area (Å²) in [5, 5.41) is 10.7. The standard InChI is InChI=1S/C18H24F3N5O/c1-12-16(13(2)26(4)25-12)10-24-17(22-3)23-9-14-6-5-7-15(8-14)27-11-18(19,20)21/h5-8H,9-11H2,1-4H3,(H2,22,23,24). The lowest BCUT2D eigenvalue weighted by Gasteiger charge is -2.13. The number of nitrogens with zero attached hydrogens (tertiary/aromatic N) is 3. The Morgan fingerprint density at radius 2 is 1.93 bits per heavy atom. The summed E-state index contributed by atoms with van der Waals surface area (Å²) in [6.45, 7) is 3.61. The Labute approximate surface area is 156 Å². The van der Waals surface area contributed by atoms with Crippen LogP contribution in [0.1, 0.15) is 22.5 Å². The van der Waals surface area contributed by atoms with Gasteiger partial charge >= 0.3 is 6.18 Å². The third-order valence-corrected chi connectivity index (χ3v) is 4.08. The minimum atomic E-state index is -4.36. The normalized spacial score (nSPS) is 12.2. The Hall–Kier alpha value is -2.71. The molecule has 0 atom stereocenters. The van der Waals surface area contributed by atoms with E-state index in [1.165, 1.54) is 6.07 Å². The fraction of sp³-hybridized carbons (Fsp3) is 0.444. The van der Waals surface area contributed by atoms with Crippen LogP contribution < -0.4 is 15.4 Å². The largest absolute Gasteiger partial charge is 0.484 e. The molecule has 0 amide bonds. The van der Waals surface area contributed by atoms with Gasteiger partial charge in [-0.2, -0.15) is 18.3 Å². The molecule has 2 rings (SSSR count). The molecule has 0 radical (unpaired) electrons. The summed E-state index contributed by atoms with van der Waals surface area (Å²) >= 11 is 0. The van der Waals surface area contributed by atoms with Crippen molar-refractivity contribution in [3.05, 3.63) is 46.8 Å². The number of aliphatic imine (C=N–C) groups is 1. The van der Waals surface area contributed by atoms with E-state index >= 15 is 0 Å². The Bertz CT molecular complexity index is 799. The Balaban J connectivity index is 1.90. The molecule has 2 N–H and O–H groups in total. The molecule has 0 saturated carbocycles. The second-order valence-corrected chi connectivity index (χ2v) is 6.10. The molecule has 0 aliphatic carbocycles. The van der Waals surface area contributed by atoms with Crippen LogP contribution in [0, 0.1) is 13.8 Å². The zero-order chi connectivity index (χ0) is 20.0. The third kappa shape index (κ3) is 6.19. The first kappa shape index (κ1) is 20.6. The van der Waals surface area contributed by atoms with E-state index in [-0.39, 0.29) is 5.75 Å². The highest BCUT2D eigenvalue weighted by atomic mass is 19.4. The number of aromatic nitrogens is 2. The quantitative estimate of drug-likeness (QED) is 0.595. The first-order chi connectivity index (χ1) is 12.7. The fourth-order valence-corrected chi connectivity index (χ4v) is 2.56. The molecule has 0 aliphatic heterocycles. The lowest BCUT2D eigenvalue weighted by molar-refractivity contribution is -0.153. The van der Waals surface area contributed by atoms with Crippen molar-refractivity contribution in [2.24, 2.45) is 12.0 Å². The number of hydrogen-bond donors (Lipinski definition) is 2. The zero-order valence-corrected chi connectivity index (χ0v) is 15.8. The molecular weight excluding hydrogens is 359 g/mol. The van der Waals surface area contributed by atoms with Crippen LogP contribution in [0.2, 0.25) is 0 Å². The van der Waals surface area contributed by atoms with E-state index in [1.807, 2.05) is 25.6 Å². The van der Waals surface area contributed by atoms with Gasteiger partial charge in [0, 0.05) is 38.4 Å². The molecule has 2 aromatic rings. The molecule has 0 fully saturated rings. The van der Waals surface area contributed by atoms with Crippen LogP contribution in [0.15, 0.2) is 29.3 Å². The number of alkyl halides is 3. The molecular formula is C18H24F3N5O. The number of benzene rings is 1. The number of guanidine groups is 1. The van der Waals surface area contributed by atoms with Crippen LogP contribution in [-0.4, -0.2) is 35.6 Å². The van der Waals surface area contributed by atoms with Crippen molar-refractivity contribution in [1.82, 2.24) is 20.4 Å². The second-order valence-electron chi connectivity index (χ2n) is 6.10. The van der Waals surface area contributed by atoms with Crippen LogP contribution in [0.5, 0.6) is 5.75 Å². The lowest BCUT2D eigenvalue weighted by atomic mass is 10.2. The smallest absolute Gasteiger partial charge is 0.422 e. The summed E-state index contributed by atoms with van der Waals surface area (Å²) in [4.78, 5) is 4.16. The van der Waals surface area contributed by atoms with E-state index in [0.717, 1.165) is 22.5 Å². The molecule has 0 aliphatic rings. The molecule has 9 heteroatoms. The molecule has 1 aromatic heterocycles. The predicted octanol–water partition coefficient (Wildman–Crippen LogP) is 2.84. The van der Waals surface area contributed by atoms with Crippen molar-refractivity contribution in [3.8, 4) is 5.75 Å². The van der Waals surface area contributed by atoms with Crippen molar-refractivity contribution < 1.29 is 17.9 Å². The molecule has 0 unspecified atom stereocenters. The lowest BCUT2D eigenvalue weighted by Crippen LogP contribution is -2.36. The van der Waals surface area contributed by atoms with Gasteiger partial charge in [-0.1, -0.05) is 12.1 Å². The van der Waals surface area contributed by atoms with Crippen molar-refractivity contribution in [2.75, 3.05) is 13.7 Å². The summed E-state index contributed by atoms with van der Waals surface area (Å²) in [6, 6.07) is 6.52. The van der Waals surface area contributed by atoms with Gasteiger partial charge in [0.1, 0.15) is 5.75 Å². The van der Waals surface area contributed by atoms with Crippen LogP contribution in [0.3, 0.4) is 0 Å². The minimum absolute atomic E-state index is 0.177. The van der Waals surface area contributed by atoms with E-state index in [4.69, 9.17) is 4.74 Å². The average Bonchev–Trinajstić information content (AvgIpc) is 2.85. The maximum absolute atomic E-state index is 12.3. The Morgan fingerprint density at radius 3 is 2.52 bits per heavy atom. The summed E-state index contributed by atoms with van der Waals surface area (Å²) in [7, 11) is 3.55. The second kappa shape index (κ2) is 8.79. The molecule has 27 heavy (non-hydrogen) atoms. The summed E-state index contributed by atoms with van der Waals surface area (Å²) in [5.74, 6) is 0.760. The van der Waals surface area contributed by atoms with Gasteiger partial charge in [-0.15, -0.1) is 0 Å². The van der Waals surface area contributed by atoms with Gasteiger partial charge in [-0.25, -0.2) is 0 Å². The highest BCUT2D eigenvalue weighted by Crippen LogP contribution is 2.19. The number of halogens is 3. The van der Waals surface area contributed by atoms with E-state index < -0.39 is 12.8 Å². The van der Waals surface area contributed by atoms with Crippen LogP contribution in [0.4, 0.5) is 13.2 Å². The summed E-state index contributed by atoms with van der Waals surface area (Å²) in [5.41, 5.74) is 3.91. The van der Waals surface area contributed by atoms with Gasteiger partial charge in [0.2, 0.25) is 0 Å². The first-order valence-corrected chi connectivity index (χ1v) is 8.41. The molecule has 6 nitrogen and oxygen atoms in total. The van der Waals surface area contributed by atoms with Crippen LogP contribution in [0.25, 0.3) is 0 Å². The number of rotatable bonds is 6. The van der Waals surface area contributed by atoms with E-state index in [0.29, 0.717) is 19.0 Å². The Morgan fingerprint density at radius 1 is 1.22 bits per heavy atom. The number of aryl methyl sites for hydroxylation is 2. The van der Waals surface area contributed by atoms with Crippen molar-refractivity contribution in [1.29, 1.82) is 0 Å². The van der Waals surface area contributed by atoms with E-state index in [1.54, 1.807) is 25.2 Å². The van der Waals surface area contributed by atoms with Gasteiger partial charge < -0.3 is 15.4 Å². The molecule has 148 valence electrons. The van der Waals surface area contributed by atoms with Gasteiger partial charge in [-0.3, -0.25) is 9.67 Å². The number of ether oxygens (including phenoxy) is 1. The van der Waals surface area contributed by atoms with Crippen molar-refractivity contribution >= 4 is 5.96 Å². The molecule has 1 aromatic carbocycles. The van der Waals surface area contributed by atoms with Gasteiger partial charge in [-0.05, 0) is 31.5 Å². The highest BCUT2D eigenvalue weighted by molar-refractivity contribution is 5.79. The summed E-state index contributed by atoms with van der Waals surface area (Å²) in [6.07, 6.45) is -4.36. The van der Waals surface area contributed by atoms with Gasteiger partial charge in [0.05, 0.1) is 5.69 Å². The molecule has 1 heterocycles. The number of hydrogen-bond acceptors (Lipinski definition) is 3. The van der Waals surface area contributed by atoms with Crippen LogP contribution in [-0.2, 0) is 20.1 Å². The Kier molecular flexibility index (Phi) is 6.70. The van der Waals surface area contributed by atoms with Crippen LogP contribution >= 0.6 is 0 Å². The van der Waals surface area contributed by atoms with Crippen molar-refractivity contribution in [2.45, 2.75) is 33.1 Å². The molecule has 0 spiro atoms. The monoisotopic (exact) mass is 383 g/mol. The van der Waals surface area contributed by atoms with Gasteiger partial charge in [0.15, 0.2) is 12.6 Å². The molecule has 0 bridgehead atoms. The highest BCUT2D eigenvalue weighted by Gasteiger charge is 2.28. The van der Waals surface area contributed by atoms with E-state index in [2.05, 4.69) is 20.7 Å². The SMILES string of the molecule is CN=C(NCc1cccc(OCC(F)(F)F)c1)NCc1c(C)nn(C)c1C. The average molecular weight is 383 g/mol.